The number of rotatable bonds is 5. The molecule has 0 aliphatic carbocycles. The van der Waals surface area contributed by atoms with Crippen LogP contribution in [-0.2, 0) is 13.2 Å². The highest BCUT2D eigenvalue weighted by molar-refractivity contribution is 9.10. The first-order valence-corrected chi connectivity index (χ1v) is 6.15. The van der Waals surface area contributed by atoms with Gasteiger partial charge in [-0.2, -0.15) is 0 Å². The summed E-state index contributed by atoms with van der Waals surface area (Å²) in [5.74, 6) is 0.865. The number of ether oxygens (including phenoxy) is 1. The molecule has 0 spiro atoms. The van der Waals surface area contributed by atoms with Crippen molar-refractivity contribution in [2.75, 3.05) is 7.05 Å². The Morgan fingerprint density at radius 2 is 2.28 bits per heavy atom. The maximum atomic E-state index is 12.9. The molecule has 0 bridgehead atoms. The van der Waals surface area contributed by atoms with Gasteiger partial charge in [0, 0.05) is 12.6 Å². The van der Waals surface area contributed by atoms with Crippen LogP contribution in [0.2, 0.25) is 0 Å². The number of benzene rings is 1. The normalized spacial score (nSPS) is 10.6. The third-order valence-electron chi connectivity index (χ3n) is 2.23. The zero-order chi connectivity index (χ0) is 13.0. The fraction of sp³-hybridized carbons (Fsp3) is 0.250. The van der Waals surface area contributed by atoms with Crippen LogP contribution in [-0.4, -0.2) is 12.2 Å². The molecule has 96 valence electrons. The van der Waals surface area contributed by atoms with Gasteiger partial charge in [0.15, 0.2) is 5.76 Å². The molecule has 4 nitrogen and oxygen atoms in total. The molecule has 0 saturated carbocycles. The van der Waals surface area contributed by atoms with Crippen LogP contribution in [0, 0.1) is 5.82 Å². The molecule has 0 unspecified atom stereocenters. The number of hydrogen-bond acceptors (Lipinski definition) is 4. The summed E-state index contributed by atoms with van der Waals surface area (Å²) in [4.78, 5) is 0. The maximum absolute atomic E-state index is 12.9. The average Bonchev–Trinajstić information content (AvgIpc) is 2.76. The van der Waals surface area contributed by atoms with Gasteiger partial charge < -0.3 is 14.6 Å². The first kappa shape index (κ1) is 13.0. The van der Waals surface area contributed by atoms with E-state index >= 15 is 0 Å². The Bertz CT molecular complexity index is 531. The van der Waals surface area contributed by atoms with Gasteiger partial charge in [0.25, 0.3) is 0 Å². The van der Waals surface area contributed by atoms with Crippen LogP contribution in [0.15, 0.2) is 33.3 Å². The summed E-state index contributed by atoms with van der Waals surface area (Å²) < 4.78 is 24.0. The van der Waals surface area contributed by atoms with E-state index in [1.165, 1.54) is 12.1 Å². The van der Waals surface area contributed by atoms with Crippen molar-refractivity contribution in [3.63, 3.8) is 0 Å². The second-order valence-corrected chi connectivity index (χ2v) is 4.53. The van der Waals surface area contributed by atoms with Gasteiger partial charge in [-0.25, -0.2) is 4.39 Å². The van der Waals surface area contributed by atoms with Crippen molar-refractivity contribution in [2.24, 2.45) is 0 Å². The minimum Gasteiger partial charge on any atom is -0.484 e. The molecular formula is C12H12BrFN2O2. The molecule has 1 aromatic heterocycles. The monoisotopic (exact) mass is 314 g/mol. The fourth-order valence-electron chi connectivity index (χ4n) is 1.43. The van der Waals surface area contributed by atoms with E-state index < -0.39 is 0 Å². The maximum Gasteiger partial charge on any atom is 0.174 e. The third-order valence-corrected chi connectivity index (χ3v) is 2.85. The number of halogens is 2. The predicted molar refractivity (Wildman–Crippen MR) is 67.7 cm³/mol. The summed E-state index contributed by atoms with van der Waals surface area (Å²) in [5, 5.41) is 6.84. The van der Waals surface area contributed by atoms with Gasteiger partial charge in [-0.1, -0.05) is 5.16 Å². The highest BCUT2D eigenvalue weighted by Crippen LogP contribution is 2.26. The van der Waals surface area contributed by atoms with Gasteiger partial charge in [-0.05, 0) is 41.2 Å². The lowest BCUT2D eigenvalue weighted by Gasteiger charge is -2.05. The molecule has 18 heavy (non-hydrogen) atoms. The van der Waals surface area contributed by atoms with Crippen molar-refractivity contribution >= 4 is 15.9 Å². The average molecular weight is 315 g/mol. The van der Waals surface area contributed by atoms with Crippen LogP contribution >= 0.6 is 15.9 Å². The Morgan fingerprint density at radius 1 is 1.44 bits per heavy atom. The molecule has 0 atom stereocenters. The van der Waals surface area contributed by atoms with E-state index in [4.69, 9.17) is 9.26 Å². The Balaban J connectivity index is 1.97. The van der Waals surface area contributed by atoms with Crippen molar-refractivity contribution in [2.45, 2.75) is 13.2 Å². The van der Waals surface area contributed by atoms with E-state index in [0.717, 1.165) is 5.69 Å². The van der Waals surface area contributed by atoms with Gasteiger partial charge >= 0.3 is 0 Å². The SMILES string of the molecule is CNCc1cc(COc2ccc(F)cc2Br)on1. The molecule has 2 aromatic rings. The number of hydrogen-bond donors (Lipinski definition) is 1. The molecule has 6 heteroatoms. The quantitative estimate of drug-likeness (QED) is 0.922. The molecule has 0 radical (unpaired) electrons. The second kappa shape index (κ2) is 5.97. The summed E-state index contributed by atoms with van der Waals surface area (Å²) >= 11 is 3.23. The van der Waals surface area contributed by atoms with E-state index in [0.29, 0.717) is 22.5 Å². The van der Waals surface area contributed by atoms with Crippen molar-refractivity contribution in [1.29, 1.82) is 0 Å². The zero-order valence-corrected chi connectivity index (χ0v) is 11.3. The summed E-state index contributed by atoms with van der Waals surface area (Å²) in [5.41, 5.74) is 0.814. The molecule has 0 fully saturated rings. The summed E-state index contributed by atoms with van der Waals surface area (Å²) in [6, 6.07) is 6.06. The van der Waals surface area contributed by atoms with Crippen LogP contribution in [0.5, 0.6) is 5.75 Å². The Labute approximate surface area is 112 Å². The van der Waals surface area contributed by atoms with Gasteiger partial charge in [0.1, 0.15) is 18.2 Å². The van der Waals surface area contributed by atoms with Gasteiger partial charge in [0.2, 0.25) is 0 Å². The van der Waals surface area contributed by atoms with Crippen LogP contribution in [0.1, 0.15) is 11.5 Å². The third kappa shape index (κ3) is 3.30. The minimum absolute atomic E-state index is 0.251. The molecular weight excluding hydrogens is 303 g/mol. The van der Waals surface area contributed by atoms with Gasteiger partial charge in [0.05, 0.1) is 10.2 Å². The van der Waals surface area contributed by atoms with E-state index in [1.807, 2.05) is 13.1 Å². The van der Waals surface area contributed by atoms with Gasteiger partial charge in [-0.15, -0.1) is 0 Å². The fourth-order valence-corrected chi connectivity index (χ4v) is 1.89. The van der Waals surface area contributed by atoms with Crippen LogP contribution < -0.4 is 10.1 Å². The highest BCUT2D eigenvalue weighted by atomic mass is 79.9. The largest absolute Gasteiger partial charge is 0.484 e. The lowest BCUT2D eigenvalue weighted by Crippen LogP contribution is -2.04. The van der Waals surface area contributed by atoms with Crippen LogP contribution in [0.3, 0.4) is 0 Å². The zero-order valence-electron chi connectivity index (χ0n) is 9.74. The highest BCUT2D eigenvalue weighted by Gasteiger charge is 2.07. The Kier molecular flexibility index (Phi) is 4.33. The van der Waals surface area contributed by atoms with E-state index in [2.05, 4.69) is 26.4 Å². The minimum atomic E-state index is -0.315. The van der Waals surface area contributed by atoms with E-state index in [1.54, 1.807) is 6.07 Å². The predicted octanol–water partition coefficient (Wildman–Crippen LogP) is 2.87. The van der Waals surface area contributed by atoms with Crippen molar-refractivity contribution in [3.05, 3.63) is 46.0 Å². The second-order valence-electron chi connectivity index (χ2n) is 3.68. The van der Waals surface area contributed by atoms with Crippen molar-refractivity contribution in [1.82, 2.24) is 10.5 Å². The molecule has 0 aliphatic heterocycles. The summed E-state index contributed by atoms with van der Waals surface area (Å²) in [7, 11) is 1.83. The number of nitrogens with one attached hydrogen (secondary N) is 1. The topological polar surface area (TPSA) is 47.3 Å². The summed E-state index contributed by atoms with van der Waals surface area (Å²) in [6.07, 6.45) is 0. The smallest absolute Gasteiger partial charge is 0.174 e. The van der Waals surface area contributed by atoms with Crippen molar-refractivity contribution < 1.29 is 13.7 Å². The molecule has 1 aromatic carbocycles. The molecule has 2 rings (SSSR count). The van der Waals surface area contributed by atoms with Gasteiger partial charge in [-0.3, -0.25) is 0 Å². The molecule has 1 N–H and O–H groups in total. The van der Waals surface area contributed by atoms with Crippen LogP contribution in [0.4, 0.5) is 4.39 Å². The Hall–Kier alpha value is -1.40. The molecule has 0 amide bonds. The number of nitrogens with zero attached hydrogens (tertiary/aromatic N) is 1. The van der Waals surface area contributed by atoms with E-state index in [9.17, 15) is 4.39 Å². The van der Waals surface area contributed by atoms with E-state index in [-0.39, 0.29) is 12.4 Å². The molecule has 1 heterocycles. The first-order chi connectivity index (χ1) is 8.69. The summed E-state index contributed by atoms with van der Waals surface area (Å²) in [6.45, 7) is 0.894. The van der Waals surface area contributed by atoms with Crippen LogP contribution in [0.25, 0.3) is 0 Å². The molecule has 0 saturated heterocycles. The van der Waals surface area contributed by atoms with Crippen molar-refractivity contribution in [3.8, 4) is 5.75 Å². The first-order valence-electron chi connectivity index (χ1n) is 5.36. The number of aromatic nitrogens is 1. The molecule has 0 aliphatic rings. The lowest BCUT2D eigenvalue weighted by molar-refractivity contribution is 0.247. The standard InChI is InChI=1S/C12H12BrFN2O2/c1-15-6-9-5-10(18-16-9)7-17-12-3-2-8(14)4-11(12)13/h2-5,15H,6-7H2,1H3. The lowest BCUT2D eigenvalue weighted by atomic mass is 10.3. The Morgan fingerprint density at radius 3 is 3.00 bits per heavy atom.